The van der Waals surface area contributed by atoms with Crippen LogP contribution in [0.25, 0.3) is 0 Å². The van der Waals surface area contributed by atoms with Gasteiger partial charge in [0, 0.05) is 0 Å². The highest BCUT2D eigenvalue weighted by atomic mass is 28.4. The van der Waals surface area contributed by atoms with Gasteiger partial charge < -0.3 is 14.3 Å². The highest BCUT2D eigenvalue weighted by Crippen LogP contribution is 2.38. The Balaban J connectivity index is 3.02. The van der Waals surface area contributed by atoms with E-state index in [1.807, 2.05) is 37.3 Å². The van der Waals surface area contributed by atoms with Crippen molar-refractivity contribution >= 4 is 14.3 Å². The van der Waals surface area contributed by atoms with Gasteiger partial charge in [-0.3, -0.25) is 4.79 Å². The molecule has 0 saturated carbocycles. The summed E-state index contributed by atoms with van der Waals surface area (Å²) in [7, 11) is -0.697. The molecule has 0 heterocycles. The van der Waals surface area contributed by atoms with Crippen molar-refractivity contribution in [1.29, 1.82) is 0 Å². The van der Waals surface area contributed by atoms with E-state index < -0.39 is 32.4 Å². The van der Waals surface area contributed by atoms with Crippen molar-refractivity contribution in [3.63, 3.8) is 0 Å². The molecule has 0 aliphatic heterocycles. The Morgan fingerprint density at radius 2 is 1.70 bits per heavy atom. The predicted molar refractivity (Wildman–Crippen MR) is 94.9 cm³/mol. The Labute approximate surface area is 140 Å². The van der Waals surface area contributed by atoms with E-state index in [1.54, 1.807) is 0 Å². The quantitative estimate of drug-likeness (QED) is 0.634. The second-order valence-corrected chi connectivity index (χ2v) is 12.2. The van der Waals surface area contributed by atoms with Gasteiger partial charge in [-0.15, -0.1) is 0 Å². The molecule has 0 spiro atoms. The Hall–Kier alpha value is -1.17. The zero-order valence-corrected chi connectivity index (χ0v) is 16.3. The number of benzene rings is 1. The third-order valence-electron chi connectivity index (χ3n) is 4.72. The number of hydrogen-bond acceptors (Lipinski definition) is 4. The van der Waals surface area contributed by atoms with E-state index in [0.717, 1.165) is 5.56 Å². The average molecular weight is 339 g/mol. The van der Waals surface area contributed by atoms with Gasteiger partial charge in [0.15, 0.2) is 8.32 Å². The van der Waals surface area contributed by atoms with Crippen LogP contribution in [0.5, 0.6) is 0 Å². The Kier molecular flexibility index (Phi) is 6.56. The molecule has 4 nitrogen and oxygen atoms in total. The van der Waals surface area contributed by atoms with Crippen LogP contribution in [-0.2, 0) is 14.0 Å². The third-order valence-corrected chi connectivity index (χ3v) is 9.30. The van der Waals surface area contributed by atoms with Gasteiger partial charge >= 0.3 is 5.97 Å². The zero-order chi connectivity index (χ0) is 17.8. The summed E-state index contributed by atoms with van der Waals surface area (Å²) in [5.41, 5.74) is 0.734. The van der Waals surface area contributed by atoms with Gasteiger partial charge in [-0.05, 0) is 30.6 Å². The van der Waals surface area contributed by atoms with E-state index in [0.29, 0.717) is 0 Å². The molecule has 23 heavy (non-hydrogen) atoms. The Morgan fingerprint density at radius 3 is 2.13 bits per heavy atom. The maximum atomic E-state index is 12.2. The molecule has 1 N–H and O–H groups in total. The fourth-order valence-corrected chi connectivity index (χ4v) is 3.66. The number of carbonyl (C=O) groups is 1. The molecule has 0 aliphatic rings. The number of carbonyl (C=O) groups excluding carboxylic acids is 1. The van der Waals surface area contributed by atoms with Crippen LogP contribution < -0.4 is 0 Å². The predicted octanol–water partition coefficient (Wildman–Crippen LogP) is 3.71. The minimum Gasteiger partial charge on any atom is -0.468 e. The molecular weight excluding hydrogens is 308 g/mol. The normalized spacial score (nSPS) is 16.5. The molecule has 3 atom stereocenters. The van der Waals surface area contributed by atoms with Gasteiger partial charge in [0.25, 0.3) is 0 Å². The Bertz CT molecular complexity index is 508. The lowest BCUT2D eigenvalue weighted by atomic mass is 9.91. The second kappa shape index (κ2) is 7.60. The molecule has 1 aromatic carbocycles. The van der Waals surface area contributed by atoms with E-state index in [4.69, 9.17) is 9.16 Å². The van der Waals surface area contributed by atoms with Crippen LogP contribution in [0.3, 0.4) is 0 Å². The van der Waals surface area contributed by atoms with Crippen LogP contribution in [0.2, 0.25) is 18.1 Å². The van der Waals surface area contributed by atoms with Gasteiger partial charge in [-0.2, -0.15) is 0 Å². The summed E-state index contributed by atoms with van der Waals surface area (Å²) in [6, 6.07) is 9.21. The molecule has 1 rings (SSSR count). The molecule has 0 fully saturated rings. The second-order valence-electron chi connectivity index (χ2n) is 7.49. The highest BCUT2D eigenvalue weighted by molar-refractivity contribution is 6.74. The summed E-state index contributed by atoms with van der Waals surface area (Å²) < 4.78 is 11.1. The van der Waals surface area contributed by atoms with Crippen molar-refractivity contribution in [3.8, 4) is 0 Å². The van der Waals surface area contributed by atoms with E-state index in [-0.39, 0.29) is 5.04 Å². The van der Waals surface area contributed by atoms with Crippen LogP contribution in [-0.4, -0.2) is 38.7 Å². The number of esters is 1. The molecule has 0 aromatic heterocycles. The largest absolute Gasteiger partial charge is 0.468 e. The fourth-order valence-electron chi connectivity index (χ4n) is 2.24. The summed E-state index contributed by atoms with van der Waals surface area (Å²) in [6.45, 7) is 12.5. The highest BCUT2D eigenvalue weighted by Gasteiger charge is 2.42. The van der Waals surface area contributed by atoms with E-state index in [1.165, 1.54) is 7.11 Å². The van der Waals surface area contributed by atoms with Gasteiger partial charge in [0.05, 0.1) is 19.3 Å². The molecule has 0 saturated heterocycles. The smallest absolute Gasteiger partial charge is 0.315 e. The first-order valence-electron chi connectivity index (χ1n) is 8.00. The SMILES string of the molecule is COC(=O)C(c1ccccc1)C(O)[C@H](C)O[Si](C)(C)C(C)(C)C. The van der Waals surface area contributed by atoms with Crippen LogP contribution in [0.4, 0.5) is 0 Å². The molecule has 1 aromatic rings. The summed E-state index contributed by atoms with van der Waals surface area (Å²) in [4.78, 5) is 12.2. The Morgan fingerprint density at radius 1 is 1.17 bits per heavy atom. The van der Waals surface area contributed by atoms with Crippen molar-refractivity contribution in [2.75, 3.05) is 7.11 Å². The van der Waals surface area contributed by atoms with Gasteiger partial charge in [0.2, 0.25) is 0 Å². The van der Waals surface area contributed by atoms with Gasteiger partial charge in [-0.25, -0.2) is 0 Å². The first-order valence-corrected chi connectivity index (χ1v) is 10.9. The van der Waals surface area contributed by atoms with Crippen LogP contribution in [0, 0.1) is 0 Å². The average Bonchev–Trinajstić information content (AvgIpc) is 2.46. The van der Waals surface area contributed by atoms with Crippen molar-refractivity contribution < 1.29 is 19.1 Å². The molecular formula is C18H30O4Si. The van der Waals surface area contributed by atoms with Gasteiger partial charge in [-0.1, -0.05) is 51.1 Å². The minimum absolute atomic E-state index is 0.0362. The van der Waals surface area contributed by atoms with Crippen molar-refractivity contribution in [3.05, 3.63) is 35.9 Å². The lowest BCUT2D eigenvalue weighted by Gasteiger charge is -2.40. The maximum absolute atomic E-state index is 12.2. The molecule has 5 heteroatoms. The number of aliphatic hydroxyl groups excluding tert-OH is 1. The summed E-state index contributed by atoms with van der Waals surface area (Å²) in [6.07, 6.45) is -1.42. The third kappa shape index (κ3) is 4.90. The molecule has 0 aliphatic carbocycles. The minimum atomic E-state index is -2.03. The fraction of sp³-hybridized carbons (Fsp3) is 0.611. The standard InChI is InChI=1S/C18H30O4Si/c1-13(22-23(6,7)18(2,3)4)16(19)15(17(20)21-5)14-11-9-8-10-12-14/h8-13,15-16,19H,1-7H3/t13-,15?,16?/m0/s1. The first kappa shape index (κ1) is 19.9. The zero-order valence-electron chi connectivity index (χ0n) is 15.3. The first-order chi connectivity index (χ1) is 10.5. The van der Waals surface area contributed by atoms with Crippen molar-refractivity contribution in [1.82, 2.24) is 0 Å². The lowest BCUT2D eigenvalue weighted by molar-refractivity contribution is -0.147. The maximum Gasteiger partial charge on any atom is 0.315 e. The summed E-state index contributed by atoms with van der Waals surface area (Å²) in [5.74, 6) is -1.20. The van der Waals surface area contributed by atoms with Crippen molar-refractivity contribution in [2.45, 2.75) is 64.0 Å². The molecule has 0 bridgehead atoms. The van der Waals surface area contributed by atoms with E-state index in [2.05, 4.69) is 33.9 Å². The number of hydrogen-bond donors (Lipinski definition) is 1. The monoisotopic (exact) mass is 338 g/mol. The molecule has 0 amide bonds. The molecule has 130 valence electrons. The molecule has 2 unspecified atom stereocenters. The topological polar surface area (TPSA) is 55.8 Å². The number of rotatable bonds is 6. The summed E-state index contributed by atoms with van der Waals surface area (Å²) in [5, 5.41) is 10.8. The van der Waals surface area contributed by atoms with Crippen LogP contribution >= 0.6 is 0 Å². The van der Waals surface area contributed by atoms with Crippen LogP contribution in [0.15, 0.2) is 30.3 Å². The van der Waals surface area contributed by atoms with Crippen molar-refractivity contribution in [2.24, 2.45) is 0 Å². The number of ether oxygens (including phenoxy) is 1. The van der Waals surface area contributed by atoms with Gasteiger partial charge in [0.1, 0.15) is 5.92 Å². The lowest BCUT2D eigenvalue weighted by Crippen LogP contribution is -2.48. The molecule has 0 radical (unpaired) electrons. The van der Waals surface area contributed by atoms with E-state index in [9.17, 15) is 9.90 Å². The van der Waals surface area contributed by atoms with E-state index >= 15 is 0 Å². The van der Waals surface area contributed by atoms with Crippen LogP contribution in [0.1, 0.15) is 39.2 Å². The number of aliphatic hydroxyl groups is 1. The number of methoxy groups -OCH3 is 1. The summed E-state index contributed by atoms with van der Waals surface area (Å²) >= 11 is 0.